The number of ether oxygens (including phenoxy) is 1. The van der Waals surface area contributed by atoms with Crippen LogP contribution in [0.1, 0.15) is 10.4 Å². The number of alkyl halides is 3. The van der Waals surface area contributed by atoms with Crippen LogP contribution in [0.25, 0.3) is 33.5 Å². The Hall–Kier alpha value is -4.52. The van der Waals surface area contributed by atoms with Gasteiger partial charge >= 0.3 is 6.18 Å². The first-order chi connectivity index (χ1) is 18.3. The van der Waals surface area contributed by atoms with Gasteiger partial charge in [-0.2, -0.15) is 13.2 Å². The number of morpholine rings is 1. The molecule has 38 heavy (non-hydrogen) atoms. The highest BCUT2D eigenvalue weighted by molar-refractivity contribution is 6.04. The van der Waals surface area contributed by atoms with Crippen molar-refractivity contribution in [3.8, 4) is 11.4 Å². The molecule has 1 amide bonds. The Bertz CT molecular complexity index is 1620. The van der Waals surface area contributed by atoms with Crippen LogP contribution in [0, 0.1) is 0 Å². The molecule has 10 nitrogen and oxygen atoms in total. The Kier molecular flexibility index (Phi) is 5.91. The van der Waals surface area contributed by atoms with E-state index >= 15 is 0 Å². The maximum absolute atomic E-state index is 13.3. The van der Waals surface area contributed by atoms with Crippen LogP contribution in [-0.2, 0) is 11.3 Å². The van der Waals surface area contributed by atoms with E-state index in [0.717, 1.165) is 4.57 Å². The van der Waals surface area contributed by atoms with Gasteiger partial charge in [-0.05, 0) is 36.4 Å². The van der Waals surface area contributed by atoms with Crippen molar-refractivity contribution in [3.63, 3.8) is 0 Å². The molecule has 0 atom stereocenters. The number of nitrogens with one attached hydrogen (secondary N) is 2. The van der Waals surface area contributed by atoms with E-state index in [1.54, 1.807) is 36.4 Å². The van der Waals surface area contributed by atoms with Gasteiger partial charge in [0.1, 0.15) is 18.0 Å². The second-order valence-electron chi connectivity index (χ2n) is 8.77. The molecule has 0 radical (unpaired) electrons. The second-order valence-corrected chi connectivity index (χ2v) is 8.77. The van der Waals surface area contributed by atoms with Gasteiger partial charge in [0, 0.05) is 42.8 Å². The lowest BCUT2D eigenvalue weighted by Crippen LogP contribution is -2.37. The SMILES string of the molecule is O=C(Nc1nc2ccc(-c3nc(N4CCOCC4)c4ccn(CC(F)(F)F)c4n3)cc2[nH]1)c1ccncc1. The maximum Gasteiger partial charge on any atom is 0.406 e. The van der Waals surface area contributed by atoms with Crippen LogP contribution in [0.5, 0.6) is 0 Å². The van der Waals surface area contributed by atoms with E-state index in [9.17, 15) is 18.0 Å². The quantitative estimate of drug-likeness (QED) is 0.358. The van der Waals surface area contributed by atoms with Gasteiger partial charge in [-0.25, -0.2) is 15.0 Å². The minimum atomic E-state index is -4.40. The van der Waals surface area contributed by atoms with Crippen molar-refractivity contribution in [1.82, 2.24) is 29.5 Å². The fourth-order valence-electron chi connectivity index (χ4n) is 4.41. The predicted molar refractivity (Wildman–Crippen MR) is 134 cm³/mol. The van der Waals surface area contributed by atoms with Gasteiger partial charge in [0.2, 0.25) is 5.95 Å². The molecular weight excluding hydrogens is 501 g/mol. The zero-order chi connectivity index (χ0) is 26.3. The topological polar surface area (TPSA) is 114 Å². The van der Waals surface area contributed by atoms with Crippen molar-refractivity contribution >= 4 is 39.7 Å². The van der Waals surface area contributed by atoms with Gasteiger partial charge in [0.15, 0.2) is 5.82 Å². The molecule has 1 aliphatic heterocycles. The Morgan fingerprint density at radius 1 is 1.05 bits per heavy atom. The van der Waals surface area contributed by atoms with E-state index in [4.69, 9.17) is 9.72 Å². The lowest BCUT2D eigenvalue weighted by atomic mass is 10.2. The number of rotatable bonds is 5. The number of hydrogen-bond donors (Lipinski definition) is 2. The van der Waals surface area contributed by atoms with Crippen LogP contribution in [0.15, 0.2) is 55.0 Å². The first-order valence-corrected chi connectivity index (χ1v) is 11.8. The van der Waals surface area contributed by atoms with E-state index in [2.05, 4.69) is 25.3 Å². The fraction of sp³-hybridized carbons (Fsp3) is 0.240. The average molecular weight is 522 g/mol. The largest absolute Gasteiger partial charge is 0.406 e. The van der Waals surface area contributed by atoms with E-state index in [0.29, 0.717) is 59.7 Å². The molecule has 13 heteroatoms. The molecular formula is C25H21F3N8O2. The lowest BCUT2D eigenvalue weighted by Gasteiger charge is -2.28. The molecule has 5 aromatic rings. The Labute approximate surface area is 213 Å². The zero-order valence-electron chi connectivity index (χ0n) is 19.9. The van der Waals surface area contributed by atoms with Crippen molar-refractivity contribution in [2.45, 2.75) is 12.7 Å². The normalized spacial score (nSPS) is 14.3. The molecule has 0 bridgehead atoms. The average Bonchev–Trinajstić information content (AvgIpc) is 3.51. The lowest BCUT2D eigenvalue weighted by molar-refractivity contribution is -0.139. The molecule has 0 aliphatic carbocycles. The highest BCUT2D eigenvalue weighted by Gasteiger charge is 2.30. The fourth-order valence-corrected chi connectivity index (χ4v) is 4.41. The van der Waals surface area contributed by atoms with Crippen molar-refractivity contribution in [2.75, 3.05) is 36.5 Å². The number of pyridine rings is 1. The van der Waals surface area contributed by atoms with Crippen molar-refractivity contribution in [2.24, 2.45) is 0 Å². The van der Waals surface area contributed by atoms with E-state index < -0.39 is 12.7 Å². The summed E-state index contributed by atoms with van der Waals surface area (Å²) in [6.07, 6.45) is 0.0263. The molecule has 4 aromatic heterocycles. The summed E-state index contributed by atoms with van der Waals surface area (Å²) in [5.74, 6) is 0.744. The summed E-state index contributed by atoms with van der Waals surface area (Å²) in [6, 6.07) is 10.0. The molecule has 1 fully saturated rings. The number of fused-ring (bicyclic) bond motifs is 2. The van der Waals surface area contributed by atoms with Crippen LogP contribution >= 0.6 is 0 Å². The minimum absolute atomic E-state index is 0.198. The van der Waals surface area contributed by atoms with Gasteiger partial charge < -0.3 is 19.2 Å². The summed E-state index contributed by atoms with van der Waals surface area (Å²) in [7, 11) is 0. The summed E-state index contributed by atoms with van der Waals surface area (Å²) in [4.78, 5) is 35.1. The van der Waals surface area contributed by atoms with Crippen molar-refractivity contribution in [3.05, 3.63) is 60.6 Å². The summed E-state index contributed by atoms with van der Waals surface area (Å²) < 4.78 is 46.3. The molecule has 6 rings (SSSR count). The van der Waals surface area contributed by atoms with Crippen LogP contribution in [0.2, 0.25) is 0 Å². The molecule has 0 saturated carbocycles. The highest BCUT2D eigenvalue weighted by Crippen LogP contribution is 2.31. The standard InChI is InChI=1S/C25H21F3N8O2/c26-25(27,28)14-36-8-5-17-21(35-9-11-38-12-10-35)32-20(33-22(17)36)16-1-2-18-19(13-16)31-24(30-18)34-23(37)15-3-6-29-7-4-15/h1-8,13H,9-12,14H2,(H2,30,31,34,37). The number of imidazole rings is 1. The number of H-pyrrole nitrogens is 1. The monoisotopic (exact) mass is 522 g/mol. The number of carbonyl (C=O) groups is 1. The molecule has 0 unspecified atom stereocenters. The molecule has 0 spiro atoms. The number of carbonyl (C=O) groups excluding carboxylic acids is 1. The summed E-state index contributed by atoms with van der Waals surface area (Å²) in [5.41, 5.74) is 2.41. The van der Waals surface area contributed by atoms with Gasteiger partial charge in [-0.1, -0.05) is 0 Å². The number of nitrogens with zero attached hydrogens (tertiary/aromatic N) is 6. The van der Waals surface area contributed by atoms with Gasteiger partial charge in [-0.15, -0.1) is 0 Å². The zero-order valence-corrected chi connectivity index (χ0v) is 19.9. The molecule has 1 aromatic carbocycles. The van der Waals surface area contributed by atoms with Gasteiger partial charge in [-0.3, -0.25) is 15.1 Å². The number of amides is 1. The highest BCUT2D eigenvalue weighted by atomic mass is 19.4. The first kappa shape index (κ1) is 23.9. The van der Waals surface area contributed by atoms with Crippen LogP contribution < -0.4 is 10.2 Å². The minimum Gasteiger partial charge on any atom is -0.378 e. The second kappa shape index (κ2) is 9.41. The first-order valence-electron chi connectivity index (χ1n) is 11.8. The summed E-state index contributed by atoms with van der Waals surface area (Å²) in [6.45, 7) is 0.970. The Balaban J connectivity index is 1.39. The van der Waals surface area contributed by atoms with Crippen LogP contribution in [-0.4, -0.2) is 67.9 Å². The molecule has 5 heterocycles. The maximum atomic E-state index is 13.3. The van der Waals surface area contributed by atoms with E-state index in [-0.39, 0.29) is 23.3 Å². The van der Waals surface area contributed by atoms with Crippen molar-refractivity contribution in [1.29, 1.82) is 0 Å². The molecule has 1 saturated heterocycles. The third-order valence-corrected chi connectivity index (χ3v) is 6.17. The number of aromatic nitrogens is 6. The van der Waals surface area contributed by atoms with E-state index in [1.165, 1.54) is 18.6 Å². The third-order valence-electron chi connectivity index (χ3n) is 6.17. The number of hydrogen-bond acceptors (Lipinski definition) is 7. The van der Waals surface area contributed by atoms with Crippen LogP contribution in [0.4, 0.5) is 24.9 Å². The van der Waals surface area contributed by atoms with Crippen LogP contribution in [0.3, 0.4) is 0 Å². The van der Waals surface area contributed by atoms with Crippen molar-refractivity contribution < 1.29 is 22.7 Å². The smallest absolute Gasteiger partial charge is 0.378 e. The molecule has 1 aliphatic rings. The van der Waals surface area contributed by atoms with Gasteiger partial charge in [0.05, 0.1) is 29.6 Å². The Morgan fingerprint density at radius 3 is 2.61 bits per heavy atom. The number of anilines is 2. The van der Waals surface area contributed by atoms with Gasteiger partial charge in [0.25, 0.3) is 5.91 Å². The summed E-state index contributed by atoms with van der Waals surface area (Å²) >= 11 is 0. The van der Waals surface area contributed by atoms with E-state index in [1.807, 2.05) is 4.90 Å². The number of benzene rings is 1. The summed E-state index contributed by atoms with van der Waals surface area (Å²) in [5, 5.41) is 3.26. The number of aromatic amines is 1. The number of halogens is 3. The molecule has 2 N–H and O–H groups in total. The Morgan fingerprint density at radius 2 is 1.84 bits per heavy atom. The predicted octanol–water partition coefficient (Wildman–Crippen LogP) is 4.02. The molecule has 194 valence electrons. The third kappa shape index (κ3) is 4.75.